The predicted molar refractivity (Wildman–Crippen MR) is 108 cm³/mol. The Labute approximate surface area is 174 Å². The van der Waals surface area contributed by atoms with Crippen LogP contribution in [0.2, 0.25) is 0 Å². The van der Waals surface area contributed by atoms with Crippen LogP contribution in [0.25, 0.3) is 0 Å². The molecule has 0 bridgehead atoms. The summed E-state index contributed by atoms with van der Waals surface area (Å²) in [7, 11) is 1.55. The summed E-state index contributed by atoms with van der Waals surface area (Å²) in [4.78, 5) is 37.8. The van der Waals surface area contributed by atoms with Crippen molar-refractivity contribution in [3.63, 3.8) is 0 Å². The molecule has 0 radical (unpaired) electrons. The van der Waals surface area contributed by atoms with E-state index in [1.54, 1.807) is 54.5 Å². The molecule has 1 N–H and O–H groups in total. The Morgan fingerprint density at radius 1 is 1.13 bits per heavy atom. The van der Waals surface area contributed by atoms with Crippen LogP contribution in [-0.4, -0.2) is 49.1 Å². The van der Waals surface area contributed by atoms with E-state index in [0.29, 0.717) is 42.8 Å². The number of ether oxygens (including phenoxy) is 1. The van der Waals surface area contributed by atoms with Crippen molar-refractivity contribution in [1.82, 2.24) is 10.3 Å². The highest BCUT2D eigenvalue weighted by Gasteiger charge is 2.27. The number of benzene rings is 2. The highest BCUT2D eigenvalue weighted by atomic mass is 16.5. The Bertz CT molecular complexity index is 965. The van der Waals surface area contributed by atoms with Crippen LogP contribution in [0.4, 0.5) is 0 Å². The topological polar surface area (TPSA) is 111 Å². The van der Waals surface area contributed by atoms with Crippen LogP contribution in [0.1, 0.15) is 39.1 Å². The van der Waals surface area contributed by atoms with E-state index in [-0.39, 0.29) is 23.3 Å². The number of carbonyl (C=O) groups is 3. The number of amides is 2. The van der Waals surface area contributed by atoms with Gasteiger partial charge in [-0.2, -0.15) is 5.10 Å². The minimum absolute atomic E-state index is 0.000128. The summed E-state index contributed by atoms with van der Waals surface area (Å²) in [5, 5.41) is 15.0. The number of hydrazone groups is 1. The number of nitrogens with zero attached hydrogens (tertiary/aromatic N) is 2. The van der Waals surface area contributed by atoms with Gasteiger partial charge in [0.1, 0.15) is 5.75 Å². The maximum absolute atomic E-state index is 12.7. The number of carbonyl (C=O) groups excluding carboxylic acids is 3. The minimum atomic E-state index is -1.31. The van der Waals surface area contributed by atoms with Crippen molar-refractivity contribution in [2.45, 2.75) is 12.8 Å². The first kappa shape index (κ1) is 21.0. The molecular formula is C22H22N3O5-. The number of piperidine rings is 1. The third-order valence-electron chi connectivity index (χ3n) is 5.03. The van der Waals surface area contributed by atoms with E-state index in [4.69, 9.17) is 4.74 Å². The predicted octanol–water partition coefficient (Wildman–Crippen LogP) is 1.06. The van der Waals surface area contributed by atoms with Crippen LogP contribution in [0.3, 0.4) is 0 Å². The molecule has 8 heteroatoms. The van der Waals surface area contributed by atoms with Gasteiger partial charge in [0.15, 0.2) is 0 Å². The summed E-state index contributed by atoms with van der Waals surface area (Å²) >= 11 is 0. The van der Waals surface area contributed by atoms with E-state index in [1.165, 1.54) is 12.3 Å². The van der Waals surface area contributed by atoms with Crippen molar-refractivity contribution in [1.29, 1.82) is 0 Å². The van der Waals surface area contributed by atoms with Gasteiger partial charge in [0.25, 0.3) is 5.91 Å². The van der Waals surface area contributed by atoms with E-state index in [0.717, 1.165) is 0 Å². The first-order valence-corrected chi connectivity index (χ1v) is 9.56. The zero-order valence-electron chi connectivity index (χ0n) is 16.5. The van der Waals surface area contributed by atoms with Gasteiger partial charge in [0.05, 0.1) is 19.3 Å². The number of hydrogen-bond acceptors (Lipinski definition) is 6. The van der Waals surface area contributed by atoms with E-state index in [1.807, 2.05) is 0 Å². The van der Waals surface area contributed by atoms with E-state index >= 15 is 0 Å². The molecule has 2 aromatic rings. The molecule has 1 heterocycles. The molecule has 3 rings (SSSR count). The molecule has 0 saturated carbocycles. The maximum atomic E-state index is 12.7. The average Bonchev–Trinajstić information content (AvgIpc) is 2.78. The molecule has 0 aliphatic carbocycles. The Morgan fingerprint density at radius 2 is 1.87 bits per heavy atom. The van der Waals surface area contributed by atoms with Crippen molar-refractivity contribution >= 4 is 24.0 Å². The van der Waals surface area contributed by atoms with Crippen molar-refractivity contribution in [2.75, 3.05) is 20.2 Å². The molecule has 2 amide bonds. The summed E-state index contributed by atoms with van der Waals surface area (Å²) in [6, 6.07) is 13.2. The lowest BCUT2D eigenvalue weighted by atomic mass is 9.95. The number of carboxylic acids is 1. The average molecular weight is 408 g/mol. The quantitative estimate of drug-likeness (QED) is 0.568. The van der Waals surface area contributed by atoms with Crippen LogP contribution < -0.4 is 15.3 Å². The second-order valence-corrected chi connectivity index (χ2v) is 6.91. The van der Waals surface area contributed by atoms with Gasteiger partial charge in [-0.15, -0.1) is 0 Å². The molecule has 0 unspecified atom stereocenters. The second kappa shape index (κ2) is 9.69. The molecule has 156 valence electrons. The van der Waals surface area contributed by atoms with E-state index < -0.39 is 5.97 Å². The van der Waals surface area contributed by atoms with Crippen molar-refractivity contribution in [3.05, 3.63) is 65.2 Å². The highest BCUT2D eigenvalue weighted by molar-refractivity contribution is 5.97. The Hall–Kier alpha value is -3.68. The summed E-state index contributed by atoms with van der Waals surface area (Å²) in [5.74, 6) is -1.31. The third-order valence-corrected chi connectivity index (χ3v) is 5.03. The smallest absolute Gasteiger partial charge is 0.253 e. The molecule has 1 fully saturated rings. The summed E-state index contributed by atoms with van der Waals surface area (Å²) in [5.41, 5.74) is 3.35. The Balaban J connectivity index is 1.53. The van der Waals surface area contributed by atoms with Gasteiger partial charge in [-0.1, -0.05) is 30.3 Å². The standard InChI is InChI=1S/C22H23N3O5/c1-30-18-7-4-6-16(13-18)21(27)25-11-9-15(10-12-25)20(26)24-23-14-17-5-2-3-8-19(17)22(28)29/h2-8,13-15H,9-12H2,1H3,(H,24,26)(H,28,29)/p-1/b23-14-. The Kier molecular flexibility index (Phi) is 6.79. The van der Waals surface area contributed by atoms with Gasteiger partial charge in [-0.3, -0.25) is 9.59 Å². The molecular weight excluding hydrogens is 386 g/mol. The zero-order valence-corrected chi connectivity index (χ0v) is 16.5. The van der Waals surface area contributed by atoms with Crippen LogP contribution in [0.15, 0.2) is 53.6 Å². The molecule has 2 aromatic carbocycles. The minimum Gasteiger partial charge on any atom is -0.545 e. The molecule has 1 saturated heterocycles. The number of nitrogens with one attached hydrogen (secondary N) is 1. The summed E-state index contributed by atoms with van der Waals surface area (Å²) in [6.07, 6.45) is 2.32. The first-order valence-electron chi connectivity index (χ1n) is 9.56. The fourth-order valence-electron chi connectivity index (χ4n) is 3.34. The second-order valence-electron chi connectivity index (χ2n) is 6.91. The van der Waals surface area contributed by atoms with Crippen LogP contribution >= 0.6 is 0 Å². The lowest BCUT2D eigenvalue weighted by Crippen LogP contribution is -2.42. The lowest BCUT2D eigenvalue weighted by molar-refractivity contribution is -0.255. The number of carboxylic acid groups (broad SMARTS) is 1. The number of aromatic carboxylic acids is 1. The molecule has 1 aliphatic heterocycles. The van der Waals surface area contributed by atoms with E-state index in [9.17, 15) is 19.5 Å². The summed E-state index contributed by atoms with van der Waals surface area (Å²) in [6.45, 7) is 0.927. The number of methoxy groups -OCH3 is 1. The maximum Gasteiger partial charge on any atom is 0.253 e. The lowest BCUT2D eigenvalue weighted by Gasteiger charge is -2.31. The van der Waals surface area contributed by atoms with Gasteiger partial charge in [0.2, 0.25) is 5.91 Å². The fourth-order valence-corrected chi connectivity index (χ4v) is 3.34. The van der Waals surface area contributed by atoms with Crippen molar-refractivity contribution in [3.8, 4) is 5.75 Å². The highest BCUT2D eigenvalue weighted by Crippen LogP contribution is 2.21. The van der Waals surface area contributed by atoms with Gasteiger partial charge < -0.3 is 19.5 Å². The molecule has 0 aromatic heterocycles. The molecule has 30 heavy (non-hydrogen) atoms. The molecule has 0 spiro atoms. The van der Waals surface area contributed by atoms with Gasteiger partial charge in [-0.25, -0.2) is 5.43 Å². The van der Waals surface area contributed by atoms with Crippen molar-refractivity contribution < 1.29 is 24.2 Å². The van der Waals surface area contributed by atoms with Gasteiger partial charge in [0, 0.05) is 35.7 Å². The number of likely N-dealkylation sites (tertiary alicyclic amines) is 1. The third kappa shape index (κ3) is 5.02. The van der Waals surface area contributed by atoms with Gasteiger partial charge in [-0.05, 0) is 31.0 Å². The van der Waals surface area contributed by atoms with E-state index in [2.05, 4.69) is 10.5 Å². The number of hydrogen-bond donors (Lipinski definition) is 1. The zero-order chi connectivity index (χ0) is 21.5. The normalized spacial score (nSPS) is 14.5. The van der Waals surface area contributed by atoms with Crippen LogP contribution in [-0.2, 0) is 4.79 Å². The molecule has 8 nitrogen and oxygen atoms in total. The fraction of sp³-hybridized carbons (Fsp3) is 0.273. The van der Waals surface area contributed by atoms with Crippen molar-refractivity contribution in [2.24, 2.45) is 11.0 Å². The SMILES string of the molecule is COc1cccc(C(=O)N2CCC(C(=O)N/N=C\c3ccccc3C(=O)[O-])CC2)c1. The number of rotatable bonds is 6. The monoisotopic (exact) mass is 408 g/mol. The largest absolute Gasteiger partial charge is 0.545 e. The Morgan fingerprint density at radius 3 is 2.57 bits per heavy atom. The molecule has 0 atom stereocenters. The van der Waals surface area contributed by atoms with Crippen LogP contribution in [0, 0.1) is 5.92 Å². The van der Waals surface area contributed by atoms with Gasteiger partial charge >= 0.3 is 0 Å². The molecule has 1 aliphatic rings. The first-order chi connectivity index (χ1) is 14.5. The summed E-state index contributed by atoms with van der Waals surface area (Å²) < 4.78 is 5.16. The van der Waals surface area contributed by atoms with Crippen LogP contribution in [0.5, 0.6) is 5.75 Å².